The molecule has 7 heteroatoms. The first-order valence-corrected chi connectivity index (χ1v) is 6.19. The van der Waals surface area contributed by atoms with Crippen LogP contribution in [0.2, 0.25) is 0 Å². The molecular weight excluding hydrogens is 250 g/mol. The van der Waals surface area contributed by atoms with Crippen LogP contribution in [0, 0.1) is 12.8 Å². The van der Waals surface area contributed by atoms with Gasteiger partial charge in [0.1, 0.15) is 0 Å². The molecule has 0 saturated heterocycles. The van der Waals surface area contributed by atoms with E-state index < -0.39 is 17.9 Å². The summed E-state index contributed by atoms with van der Waals surface area (Å²) in [6.45, 7) is 4.03. The third kappa shape index (κ3) is 5.41. The monoisotopic (exact) mass is 269 g/mol. The van der Waals surface area contributed by atoms with E-state index in [0.717, 1.165) is 12.1 Å². The van der Waals surface area contributed by atoms with Crippen LogP contribution in [0.4, 0.5) is 4.79 Å². The summed E-state index contributed by atoms with van der Waals surface area (Å²) in [6, 6.07) is 1.30. The number of aryl methyl sites for hydroxylation is 1. The molecule has 0 radical (unpaired) electrons. The average molecular weight is 269 g/mol. The van der Waals surface area contributed by atoms with Crippen LogP contribution in [-0.4, -0.2) is 28.8 Å². The summed E-state index contributed by atoms with van der Waals surface area (Å²) in [5.74, 6) is -0.896. The fraction of sp³-hybridized carbons (Fsp3) is 0.583. The highest BCUT2D eigenvalue weighted by Gasteiger charge is 2.17. The van der Waals surface area contributed by atoms with Crippen molar-refractivity contribution in [2.75, 3.05) is 6.54 Å². The molecule has 0 aromatic carbocycles. The lowest BCUT2D eigenvalue weighted by Gasteiger charge is -2.12. The van der Waals surface area contributed by atoms with Crippen LogP contribution in [0.15, 0.2) is 10.6 Å². The number of nitrogens with one attached hydrogen (secondary N) is 2. The normalized spacial score (nSPS) is 11.9. The minimum atomic E-state index is -0.895. The van der Waals surface area contributed by atoms with E-state index in [1.54, 1.807) is 13.0 Å². The van der Waals surface area contributed by atoms with Gasteiger partial charge in [-0.1, -0.05) is 18.5 Å². The van der Waals surface area contributed by atoms with E-state index in [-0.39, 0.29) is 13.1 Å². The number of urea groups is 1. The van der Waals surface area contributed by atoms with Gasteiger partial charge in [-0.3, -0.25) is 4.79 Å². The van der Waals surface area contributed by atoms with Crippen molar-refractivity contribution in [2.45, 2.75) is 33.2 Å². The predicted molar refractivity (Wildman–Crippen MR) is 67.5 cm³/mol. The van der Waals surface area contributed by atoms with Crippen molar-refractivity contribution < 1.29 is 19.2 Å². The Kier molecular flexibility index (Phi) is 5.84. The topological polar surface area (TPSA) is 104 Å². The summed E-state index contributed by atoms with van der Waals surface area (Å²) in [5.41, 5.74) is 0.742. The standard InChI is InChI=1S/C12H19N3O4/c1-3-4-9(11(16)17)6-13-12(18)14-7-10-5-8(2)15-19-10/h5,9H,3-4,6-7H2,1-2H3,(H,16,17)(H2,13,14,18). The summed E-state index contributed by atoms with van der Waals surface area (Å²) >= 11 is 0. The second-order valence-corrected chi connectivity index (χ2v) is 4.32. The zero-order valence-electron chi connectivity index (χ0n) is 11.1. The van der Waals surface area contributed by atoms with Crippen LogP contribution in [0.1, 0.15) is 31.2 Å². The first-order valence-electron chi connectivity index (χ1n) is 6.19. The summed E-state index contributed by atoms with van der Waals surface area (Å²) in [5, 5.41) is 17.7. The minimum Gasteiger partial charge on any atom is -0.481 e. The lowest BCUT2D eigenvalue weighted by atomic mass is 10.0. The zero-order valence-corrected chi connectivity index (χ0v) is 11.1. The molecule has 0 aliphatic rings. The molecule has 0 bridgehead atoms. The minimum absolute atomic E-state index is 0.116. The Bertz CT molecular complexity index is 430. The van der Waals surface area contributed by atoms with Crippen LogP contribution in [0.3, 0.4) is 0 Å². The number of hydrogen-bond donors (Lipinski definition) is 3. The highest BCUT2D eigenvalue weighted by Crippen LogP contribution is 2.05. The van der Waals surface area contributed by atoms with E-state index in [1.807, 2.05) is 6.92 Å². The summed E-state index contributed by atoms with van der Waals surface area (Å²) in [4.78, 5) is 22.4. The average Bonchev–Trinajstić information content (AvgIpc) is 2.77. The number of carbonyl (C=O) groups is 2. The highest BCUT2D eigenvalue weighted by molar-refractivity contribution is 5.75. The lowest BCUT2D eigenvalue weighted by molar-refractivity contribution is -0.141. The number of aliphatic carboxylic acids is 1. The van der Waals surface area contributed by atoms with Gasteiger partial charge >= 0.3 is 12.0 Å². The zero-order chi connectivity index (χ0) is 14.3. The molecule has 0 fully saturated rings. The van der Waals surface area contributed by atoms with Crippen molar-refractivity contribution in [2.24, 2.45) is 5.92 Å². The molecule has 3 N–H and O–H groups in total. The predicted octanol–water partition coefficient (Wildman–Crippen LogP) is 1.28. The Balaban J connectivity index is 2.28. The maximum Gasteiger partial charge on any atom is 0.315 e. The van der Waals surface area contributed by atoms with Crippen molar-refractivity contribution in [3.05, 3.63) is 17.5 Å². The van der Waals surface area contributed by atoms with Crippen molar-refractivity contribution in [1.29, 1.82) is 0 Å². The second kappa shape index (κ2) is 7.40. The quantitative estimate of drug-likeness (QED) is 0.691. The number of carboxylic acids is 1. The molecule has 1 atom stereocenters. The Morgan fingerprint density at radius 3 is 2.74 bits per heavy atom. The van der Waals surface area contributed by atoms with E-state index in [9.17, 15) is 9.59 Å². The molecule has 1 aromatic heterocycles. The molecule has 7 nitrogen and oxygen atoms in total. The van der Waals surface area contributed by atoms with Gasteiger partial charge in [-0.25, -0.2) is 4.79 Å². The van der Waals surface area contributed by atoms with Crippen molar-refractivity contribution in [3.63, 3.8) is 0 Å². The number of rotatable bonds is 7. The van der Waals surface area contributed by atoms with Crippen LogP contribution in [-0.2, 0) is 11.3 Å². The van der Waals surface area contributed by atoms with Crippen LogP contribution in [0.5, 0.6) is 0 Å². The number of hydrogen-bond acceptors (Lipinski definition) is 4. The summed E-state index contributed by atoms with van der Waals surface area (Å²) < 4.78 is 4.93. The first-order chi connectivity index (χ1) is 9.02. The molecule has 106 valence electrons. The molecule has 1 aromatic rings. The van der Waals surface area contributed by atoms with E-state index in [1.165, 1.54) is 0 Å². The number of carboxylic acid groups (broad SMARTS) is 1. The van der Waals surface area contributed by atoms with Gasteiger partial charge in [0.2, 0.25) is 0 Å². The Hall–Kier alpha value is -2.05. The lowest BCUT2D eigenvalue weighted by Crippen LogP contribution is -2.39. The Morgan fingerprint density at radius 1 is 1.47 bits per heavy atom. The van der Waals surface area contributed by atoms with Gasteiger partial charge in [-0.2, -0.15) is 0 Å². The van der Waals surface area contributed by atoms with Gasteiger partial charge in [0.25, 0.3) is 0 Å². The first kappa shape index (κ1) is 15.0. The van der Waals surface area contributed by atoms with E-state index in [4.69, 9.17) is 9.63 Å². The number of nitrogens with zero attached hydrogens (tertiary/aromatic N) is 1. The molecule has 1 heterocycles. The van der Waals surface area contributed by atoms with E-state index >= 15 is 0 Å². The van der Waals surface area contributed by atoms with Gasteiger partial charge in [-0.05, 0) is 13.3 Å². The van der Waals surface area contributed by atoms with E-state index in [2.05, 4.69) is 15.8 Å². The SMILES string of the molecule is CCCC(CNC(=O)NCc1cc(C)no1)C(=O)O. The number of amides is 2. The van der Waals surface area contributed by atoms with Gasteiger partial charge in [0.05, 0.1) is 18.2 Å². The Labute approximate surface area is 111 Å². The fourth-order valence-corrected chi connectivity index (χ4v) is 1.61. The molecule has 1 rings (SSSR count). The van der Waals surface area contributed by atoms with Gasteiger partial charge < -0.3 is 20.3 Å². The molecule has 2 amide bonds. The molecule has 0 spiro atoms. The van der Waals surface area contributed by atoms with Gasteiger partial charge in [0.15, 0.2) is 5.76 Å². The largest absolute Gasteiger partial charge is 0.481 e. The molecule has 0 saturated carbocycles. The summed E-state index contributed by atoms with van der Waals surface area (Å²) in [7, 11) is 0. The van der Waals surface area contributed by atoms with Crippen LogP contribution in [0.25, 0.3) is 0 Å². The molecule has 19 heavy (non-hydrogen) atoms. The highest BCUT2D eigenvalue weighted by atomic mass is 16.5. The maximum absolute atomic E-state index is 11.5. The third-order valence-electron chi connectivity index (χ3n) is 2.60. The van der Waals surface area contributed by atoms with Crippen molar-refractivity contribution in [1.82, 2.24) is 15.8 Å². The smallest absolute Gasteiger partial charge is 0.315 e. The van der Waals surface area contributed by atoms with Crippen LogP contribution >= 0.6 is 0 Å². The molecule has 0 aliphatic carbocycles. The van der Waals surface area contributed by atoms with Crippen molar-refractivity contribution >= 4 is 12.0 Å². The maximum atomic E-state index is 11.5. The number of aromatic nitrogens is 1. The second-order valence-electron chi connectivity index (χ2n) is 4.32. The fourth-order valence-electron chi connectivity index (χ4n) is 1.61. The summed E-state index contributed by atoms with van der Waals surface area (Å²) in [6.07, 6.45) is 1.30. The molecular formula is C12H19N3O4. The molecule has 1 unspecified atom stereocenters. The Morgan fingerprint density at radius 2 is 2.21 bits per heavy atom. The third-order valence-corrected chi connectivity index (χ3v) is 2.60. The van der Waals surface area contributed by atoms with Crippen molar-refractivity contribution in [3.8, 4) is 0 Å². The van der Waals surface area contributed by atoms with E-state index in [0.29, 0.717) is 12.2 Å². The van der Waals surface area contributed by atoms with Gasteiger partial charge in [-0.15, -0.1) is 0 Å². The molecule has 0 aliphatic heterocycles. The van der Waals surface area contributed by atoms with Crippen LogP contribution < -0.4 is 10.6 Å². The number of carbonyl (C=O) groups excluding carboxylic acids is 1. The van der Waals surface area contributed by atoms with Gasteiger partial charge in [0, 0.05) is 12.6 Å².